The van der Waals surface area contributed by atoms with Crippen molar-refractivity contribution < 1.29 is 9.47 Å². The predicted molar refractivity (Wildman–Crippen MR) is 88.4 cm³/mol. The molecule has 0 saturated carbocycles. The third kappa shape index (κ3) is 1.67. The number of hydrogen-bond acceptors (Lipinski definition) is 7. The van der Waals surface area contributed by atoms with E-state index in [1.165, 1.54) is 0 Å². The number of nitrogens with two attached hydrogens (primary N) is 1. The molecule has 0 aromatic heterocycles. The van der Waals surface area contributed by atoms with E-state index in [9.17, 15) is 10.5 Å². The third-order valence-electron chi connectivity index (χ3n) is 5.19. The Morgan fingerprint density at radius 2 is 1.88 bits per heavy atom. The number of nitrogens with zero attached hydrogens (tertiary/aromatic N) is 3. The summed E-state index contributed by atoms with van der Waals surface area (Å²) < 4.78 is 11.5. The summed E-state index contributed by atoms with van der Waals surface area (Å²) >= 11 is 0. The van der Waals surface area contributed by atoms with E-state index < -0.39 is 22.8 Å². The minimum Gasteiger partial charge on any atom is -0.386 e. The molecule has 4 rings (SSSR count). The zero-order valence-corrected chi connectivity index (χ0v) is 13.7. The standard InChI is InChI=1S/C18H17N5O2/c1-12-9-16(10-19)17(11-20,14(22-12)13-5-3-2-4-6-13)15(21)23-18(16)24-7-8-25-18/h2-6,9,14,22H,7-8H2,1H3,(H2,21,23)/t14-,16+,17-/m0/s1. The molecule has 1 spiro atoms. The normalized spacial score (nSPS) is 35.1. The molecule has 25 heavy (non-hydrogen) atoms. The first-order valence-electron chi connectivity index (χ1n) is 8.02. The Morgan fingerprint density at radius 3 is 2.48 bits per heavy atom. The Morgan fingerprint density at radius 1 is 1.20 bits per heavy atom. The van der Waals surface area contributed by atoms with Crippen molar-refractivity contribution in [2.45, 2.75) is 18.9 Å². The van der Waals surface area contributed by atoms with Gasteiger partial charge < -0.3 is 20.5 Å². The second-order valence-electron chi connectivity index (χ2n) is 6.43. The van der Waals surface area contributed by atoms with Crippen LogP contribution in [0.25, 0.3) is 0 Å². The van der Waals surface area contributed by atoms with Crippen LogP contribution in [0.1, 0.15) is 18.5 Å². The number of nitriles is 2. The lowest BCUT2D eigenvalue weighted by atomic mass is 9.57. The number of fused-ring (bicyclic) bond motifs is 2. The minimum atomic E-state index is -1.59. The van der Waals surface area contributed by atoms with Crippen LogP contribution in [0.15, 0.2) is 47.1 Å². The van der Waals surface area contributed by atoms with Gasteiger partial charge in [-0.25, -0.2) is 4.99 Å². The molecule has 3 heterocycles. The Balaban J connectivity index is 2.03. The van der Waals surface area contributed by atoms with Gasteiger partial charge in [-0.3, -0.25) is 0 Å². The Bertz CT molecular complexity index is 860. The van der Waals surface area contributed by atoms with Gasteiger partial charge in [0.2, 0.25) is 0 Å². The number of aliphatic imine (C=N–C) groups is 1. The summed E-state index contributed by atoms with van der Waals surface area (Å²) in [5.41, 5.74) is 4.92. The molecule has 0 unspecified atom stereocenters. The second-order valence-corrected chi connectivity index (χ2v) is 6.43. The van der Waals surface area contributed by atoms with Gasteiger partial charge in [-0.05, 0) is 18.6 Å². The molecule has 1 aromatic carbocycles. The molecular formula is C18H17N5O2. The number of ether oxygens (including phenoxy) is 2. The molecule has 3 aliphatic heterocycles. The first-order valence-corrected chi connectivity index (χ1v) is 8.02. The van der Waals surface area contributed by atoms with Crippen molar-refractivity contribution in [1.82, 2.24) is 5.32 Å². The Kier molecular flexibility index (Phi) is 3.17. The highest BCUT2D eigenvalue weighted by Gasteiger charge is 2.77. The van der Waals surface area contributed by atoms with Crippen molar-refractivity contribution in [3.8, 4) is 12.1 Å². The van der Waals surface area contributed by atoms with Gasteiger partial charge in [0, 0.05) is 5.70 Å². The first kappa shape index (κ1) is 15.6. The zero-order chi connectivity index (χ0) is 17.7. The molecular weight excluding hydrogens is 318 g/mol. The van der Waals surface area contributed by atoms with E-state index in [4.69, 9.17) is 15.2 Å². The van der Waals surface area contributed by atoms with E-state index in [0.717, 1.165) is 11.3 Å². The summed E-state index contributed by atoms with van der Waals surface area (Å²) in [6, 6.07) is 13.5. The van der Waals surface area contributed by atoms with Crippen molar-refractivity contribution in [3.05, 3.63) is 47.7 Å². The van der Waals surface area contributed by atoms with Crippen LogP contribution >= 0.6 is 0 Å². The van der Waals surface area contributed by atoms with Gasteiger partial charge in [-0.15, -0.1) is 0 Å². The van der Waals surface area contributed by atoms with Crippen LogP contribution in [0.3, 0.4) is 0 Å². The molecule has 7 heteroatoms. The molecule has 3 N–H and O–H groups in total. The summed E-state index contributed by atoms with van der Waals surface area (Å²) in [7, 11) is 0. The maximum Gasteiger partial charge on any atom is 0.296 e. The fourth-order valence-electron chi connectivity index (χ4n) is 4.14. The summed E-state index contributed by atoms with van der Waals surface area (Å²) in [4.78, 5) is 4.38. The van der Waals surface area contributed by atoms with Crippen molar-refractivity contribution >= 4 is 5.84 Å². The topological polar surface area (TPSA) is 116 Å². The van der Waals surface area contributed by atoms with Gasteiger partial charge in [-0.2, -0.15) is 10.5 Å². The average Bonchev–Trinajstić information content (AvgIpc) is 3.18. The largest absolute Gasteiger partial charge is 0.386 e. The number of hydrogen-bond donors (Lipinski definition) is 2. The fraction of sp³-hybridized carbons (Fsp3) is 0.389. The maximum atomic E-state index is 10.2. The van der Waals surface area contributed by atoms with Crippen LogP contribution in [0.2, 0.25) is 0 Å². The molecule has 1 fully saturated rings. The molecule has 0 amide bonds. The summed E-state index contributed by atoms with van der Waals surface area (Å²) in [6.45, 7) is 2.42. The average molecular weight is 335 g/mol. The number of nitrogens with one attached hydrogen (secondary N) is 1. The molecule has 0 radical (unpaired) electrons. The lowest BCUT2D eigenvalue weighted by Crippen LogP contribution is -2.61. The summed E-state index contributed by atoms with van der Waals surface area (Å²) in [5.74, 6) is -1.54. The summed E-state index contributed by atoms with van der Waals surface area (Å²) in [5, 5.41) is 23.8. The highest BCUT2D eigenvalue weighted by molar-refractivity contribution is 5.95. The number of benzene rings is 1. The van der Waals surface area contributed by atoms with E-state index in [-0.39, 0.29) is 19.0 Å². The van der Waals surface area contributed by atoms with Crippen LogP contribution in [0.4, 0.5) is 0 Å². The van der Waals surface area contributed by atoms with Gasteiger partial charge in [0.05, 0.1) is 31.4 Å². The molecule has 0 aliphatic carbocycles. The molecule has 7 nitrogen and oxygen atoms in total. The minimum absolute atomic E-state index is 0.0450. The molecule has 1 saturated heterocycles. The third-order valence-corrected chi connectivity index (χ3v) is 5.19. The van der Waals surface area contributed by atoms with Crippen molar-refractivity contribution in [2.75, 3.05) is 13.2 Å². The van der Waals surface area contributed by atoms with Crippen molar-refractivity contribution in [1.29, 1.82) is 10.5 Å². The quantitative estimate of drug-likeness (QED) is 0.799. The molecule has 3 atom stereocenters. The number of rotatable bonds is 1. The van der Waals surface area contributed by atoms with Crippen LogP contribution in [0.5, 0.6) is 0 Å². The predicted octanol–water partition coefficient (Wildman–Crippen LogP) is 1.33. The van der Waals surface area contributed by atoms with Crippen LogP contribution in [0, 0.1) is 33.5 Å². The highest BCUT2D eigenvalue weighted by Crippen LogP contribution is 2.63. The molecule has 126 valence electrons. The van der Waals surface area contributed by atoms with Gasteiger partial charge in [0.15, 0.2) is 10.8 Å². The van der Waals surface area contributed by atoms with Gasteiger partial charge in [0.25, 0.3) is 5.91 Å². The van der Waals surface area contributed by atoms with Gasteiger partial charge in [-0.1, -0.05) is 30.3 Å². The number of amidine groups is 1. The molecule has 0 bridgehead atoms. The Hall–Kier alpha value is -2.87. The molecule has 3 aliphatic rings. The monoisotopic (exact) mass is 335 g/mol. The lowest BCUT2D eigenvalue weighted by molar-refractivity contribution is -0.208. The fourth-order valence-corrected chi connectivity index (χ4v) is 4.14. The van der Waals surface area contributed by atoms with E-state index in [2.05, 4.69) is 22.4 Å². The van der Waals surface area contributed by atoms with E-state index in [0.29, 0.717) is 0 Å². The van der Waals surface area contributed by atoms with Crippen LogP contribution < -0.4 is 11.1 Å². The smallest absolute Gasteiger partial charge is 0.296 e. The number of allylic oxidation sites excluding steroid dienone is 1. The summed E-state index contributed by atoms with van der Waals surface area (Å²) in [6.07, 6.45) is 1.67. The van der Waals surface area contributed by atoms with E-state index >= 15 is 0 Å². The lowest BCUT2D eigenvalue weighted by Gasteiger charge is -2.47. The second kappa shape index (κ2) is 5.06. The van der Waals surface area contributed by atoms with E-state index in [1.54, 1.807) is 6.08 Å². The van der Waals surface area contributed by atoms with Crippen molar-refractivity contribution in [2.24, 2.45) is 21.6 Å². The highest BCUT2D eigenvalue weighted by atomic mass is 16.8. The van der Waals surface area contributed by atoms with E-state index in [1.807, 2.05) is 37.3 Å². The molecule has 1 aromatic rings. The zero-order valence-electron chi connectivity index (χ0n) is 13.7. The van der Waals surface area contributed by atoms with Crippen LogP contribution in [-0.2, 0) is 9.47 Å². The first-order chi connectivity index (χ1) is 12.1. The van der Waals surface area contributed by atoms with Gasteiger partial charge >= 0.3 is 0 Å². The SMILES string of the molecule is CC1=C[C@]2(C#N)C3(N=C(N)[C@]2(C#N)[C@H](c2ccccc2)N1)OCCO3. The maximum absolute atomic E-state index is 10.2. The van der Waals surface area contributed by atoms with Gasteiger partial charge in [0.1, 0.15) is 5.84 Å². The van der Waals surface area contributed by atoms with Crippen LogP contribution in [-0.4, -0.2) is 25.0 Å². The Labute approximate surface area is 145 Å². The van der Waals surface area contributed by atoms with Crippen molar-refractivity contribution in [3.63, 3.8) is 0 Å².